The fraction of sp³-hybridized carbons (Fsp3) is 0.400. The molecule has 0 radical (unpaired) electrons. The zero-order valence-corrected chi connectivity index (χ0v) is 7.04. The van der Waals surface area contributed by atoms with Gasteiger partial charge in [-0.25, -0.2) is 0 Å². The van der Waals surface area contributed by atoms with E-state index in [0.29, 0.717) is 12.2 Å². The van der Waals surface area contributed by atoms with E-state index in [2.05, 4.69) is 0 Å². The van der Waals surface area contributed by atoms with Gasteiger partial charge in [0.2, 0.25) is 0 Å². The Kier molecular flexibility index (Phi) is 1.42. The summed E-state index contributed by atoms with van der Waals surface area (Å²) in [6, 6.07) is 5.32. The molecule has 0 bridgehead atoms. The largest absolute Gasteiger partial charge is 0.508 e. The van der Waals surface area contributed by atoms with Crippen LogP contribution in [0.25, 0.3) is 0 Å². The SMILES string of the molecule is CC1(O)CCc2c(O)cccc21. The molecule has 1 aliphatic carbocycles. The molecule has 1 unspecified atom stereocenters. The highest BCUT2D eigenvalue weighted by molar-refractivity contribution is 5.45. The lowest BCUT2D eigenvalue weighted by molar-refractivity contribution is 0.0594. The minimum Gasteiger partial charge on any atom is -0.508 e. The molecule has 12 heavy (non-hydrogen) atoms. The fourth-order valence-electron chi connectivity index (χ4n) is 1.85. The van der Waals surface area contributed by atoms with Crippen molar-refractivity contribution in [2.45, 2.75) is 25.4 Å². The monoisotopic (exact) mass is 164 g/mol. The van der Waals surface area contributed by atoms with Crippen molar-refractivity contribution in [3.8, 4) is 5.75 Å². The summed E-state index contributed by atoms with van der Waals surface area (Å²) in [6.45, 7) is 1.79. The second kappa shape index (κ2) is 2.23. The van der Waals surface area contributed by atoms with Gasteiger partial charge in [-0.1, -0.05) is 12.1 Å². The highest BCUT2D eigenvalue weighted by Gasteiger charge is 2.32. The Morgan fingerprint density at radius 2 is 2.17 bits per heavy atom. The molecular formula is C10H12O2. The Hall–Kier alpha value is -1.02. The molecule has 1 aromatic rings. The van der Waals surface area contributed by atoms with E-state index in [0.717, 1.165) is 17.5 Å². The van der Waals surface area contributed by atoms with Gasteiger partial charge in [-0.05, 0) is 31.4 Å². The predicted octanol–water partition coefficient (Wildman–Crippen LogP) is 1.55. The molecular weight excluding hydrogens is 152 g/mol. The fourth-order valence-corrected chi connectivity index (χ4v) is 1.85. The molecule has 1 aromatic carbocycles. The van der Waals surface area contributed by atoms with Gasteiger partial charge in [-0.15, -0.1) is 0 Å². The lowest BCUT2D eigenvalue weighted by Crippen LogP contribution is -2.15. The summed E-state index contributed by atoms with van der Waals surface area (Å²) in [4.78, 5) is 0. The Labute approximate surface area is 71.5 Å². The molecule has 1 aliphatic rings. The second-order valence-electron chi connectivity index (χ2n) is 3.58. The smallest absolute Gasteiger partial charge is 0.119 e. The van der Waals surface area contributed by atoms with E-state index in [4.69, 9.17) is 0 Å². The van der Waals surface area contributed by atoms with E-state index >= 15 is 0 Å². The molecule has 1 atom stereocenters. The van der Waals surface area contributed by atoms with Crippen LogP contribution in [0.4, 0.5) is 0 Å². The van der Waals surface area contributed by atoms with Gasteiger partial charge >= 0.3 is 0 Å². The number of phenolic OH excluding ortho intramolecular Hbond substituents is 1. The van der Waals surface area contributed by atoms with Gasteiger partial charge in [-0.3, -0.25) is 0 Å². The van der Waals surface area contributed by atoms with Crippen molar-refractivity contribution >= 4 is 0 Å². The molecule has 0 aromatic heterocycles. The number of rotatable bonds is 0. The topological polar surface area (TPSA) is 40.5 Å². The van der Waals surface area contributed by atoms with Crippen molar-refractivity contribution in [3.63, 3.8) is 0 Å². The maximum atomic E-state index is 9.86. The number of fused-ring (bicyclic) bond motifs is 1. The van der Waals surface area contributed by atoms with Gasteiger partial charge in [0.15, 0.2) is 0 Å². The van der Waals surface area contributed by atoms with Gasteiger partial charge < -0.3 is 10.2 Å². The predicted molar refractivity (Wildman–Crippen MR) is 46.0 cm³/mol. The van der Waals surface area contributed by atoms with Crippen molar-refractivity contribution in [2.24, 2.45) is 0 Å². The molecule has 2 heteroatoms. The zero-order chi connectivity index (χ0) is 8.77. The van der Waals surface area contributed by atoms with Crippen molar-refractivity contribution in [2.75, 3.05) is 0 Å². The number of benzene rings is 1. The van der Waals surface area contributed by atoms with Gasteiger partial charge in [-0.2, -0.15) is 0 Å². The van der Waals surface area contributed by atoms with Crippen LogP contribution >= 0.6 is 0 Å². The van der Waals surface area contributed by atoms with Crippen molar-refractivity contribution in [1.82, 2.24) is 0 Å². The van der Waals surface area contributed by atoms with E-state index < -0.39 is 5.60 Å². The molecule has 0 fully saturated rings. The average molecular weight is 164 g/mol. The number of phenols is 1. The Balaban J connectivity index is 2.61. The summed E-state index contributed by atoms with van der Waals surface area (Å²) in [5, 5.41) is 19.3. The summed E-state index contributed by atoms with van der Waals surface area (Å²) in [6.07, 6.45) is 1.48. The number of hydrogen-bond acceptors (Lipinski definition) is 2. The molecule has 2 rings (SSSR count). The van der Waals surface area contributed by atoms with Crippen LogP contribution in [0, 0.1) is 0 Å². The summed E-state index contributed by atoms with van der Waals surface area (Å²) in [5.74, 6) is 0.310. The van der Waals surface area contributed by atoms with Crippen molar-refractivity contribution in [1.29, 1.82) is 0 Å². The molecule has 0 saturated heterocycles. The molecule has 0 amide bonds. The zero-order valence-electron chi connectivity index (χ0n) is 7.04. The lowest BCUT2D eigenvalue weighted by atomic mass is 9.98. The van der Waals surface area contributed by atoms with Crippen LogP contribution < -0.4 is 0 Å². The van der Waals surface area contributed by atoms with Crippen LogP contribution in [-0.2, 0) is 12.0 Å². The maximum absolute atomic E-state index is 9.86. The van der Waals surface area contributed by atoms with E-state index in [1.54, 1.807) is 19.1 Å². The third kappa shape index (κ3) is 0.916. The summed E-state index contributed by atoms with van der Waals surface area (Å²) in [7, 11) is 0. The third-order valence-electron chi connectivity index (χ3n) is 2.59. The van der Waals surface area contributed by atoms with Crippen LogP contribution in [0.15, 0.2) is 18.2 Å². The quantitative estimate of drug-likeness (QED) is 0.610. The van der Waals surface area contributed by atoms with Gasteiger partial charge in [0.05, 0.1) is 5.60 Å². The van der Waals surface area contributed by atoms with Crippen LogP contribution in [0.1, 0.15) is 24.5 Å². The van der Waals surface area contributed by atoms with Crippen LogP contribution in [0.3, 0.4) is 0 Å². The Morgan fingerprint density at radius 1 is 1.42 bits per heavy atom. The molecule has 0 heterocycles. The first-order valence-electron chi connectivity index (χ1n) is 4.15. The van der Waals surface area contributed by atoms with E-state index in [9.17, 15) is 10.2 Å². The number of aromatic hydroxyl groups is 1. The summed E-state index contributed by atoms with van der Waals surface area (Å²) in [5.41, 5.74) is 1.04. The molecule has 2 nitrogen and oxygen atoms in total. The number of hydrogen-bond donors (Lipinski definition) is 2. The van der Waals surface area contributed by atoms with Gasteiger partial charge in [0.25, 0.3) is 0 Å². The Morgan fingerprint density at radius 3 is 2.83 bits per heavy atom. The van der Waals surface area contributed by atoms with Crippen LogP contribution in [-0.4, -0.2) is 10.2 Å². The average Bonchev–Trinajstić information content (AvgIpc) is 2.30. The lowest BCUT2D eigenvalue weighted by Gasteiger charge is -2.17. The third-order valence-corrected chi connectivity index (χ3v) is 2.59. The van der Waals surface area contributed by atoms with E-state index in [-0.39, 0.29) is 0 Å². The first-order chi connectivity index (χ1) is 5.61. The van der Waals surface area contributed by atoms with E-state index in [1.165, 1.54) is 0 Å². The van der Waals surface area contributed by atoms with Gasteiger partial charge in [0, 0.05) is 5.56 Å². The standard InChI is InChI=1S/C10H12O2/c1-10(12)6-5-7-8(10)3-2-4-9(7)11/h2-4,11-12H,5-6H2,1H3. The molecule has 0 spiro atoms. The highest BCUT2D eigenvalue weighted by atomic mass is 16.3. The Bertz CT molecular complexity index is 316. The van der Waals surface area contributed by atoms with Crippen molar-refractivity contribution in [3.05, 3.63) is 29.3 Å². The first-order valence-corrected chi connectivity index (χ1v) is 4.15. The minimum absolute atomic E-state index is 0.310. The van der Waals surface area contributed by atoms with E-state index in [1.807, 2.05) is 6.07 Å². The number of aliphatic hydroxyl groups is 1. The minimum atomic E-state index is -0.742. The van der Waals surface area contributed by atoms with Crippen molar-refractivity contribution < 1.29 is 10.2 Å². The van der Waals surface area contributed by atoms with Crippen LogP contribution in [0.2, 0.25) is 0 Å². The molecule has 0 aliphatic heterocycles. The normalized spacial score (nSPS) is 27.2. The molecule has 64 valence electrons. The van der Waals surface area contributed by atoms with Crippen LogP contribution in [0.5, 0.6) is 5.75 Å². The highest BCUT2D eigenvalue weighted by Crippen LogP contribution is 2.40. The first kappa shape index (κ1) is 7.62. The summed E-state index contributed by atoms with van der Waals surface area (Å²) >= 11 is 0. The summed E-state index contributed by atoms with van der Waals surface area (Å²) < 4.78 is 0. The second-order valence-corrected chi connectivity index (χ2v) is 3.58. The molecule has 0 saturated carbocycles. The molecule has 2 N–H and O–H groups in total. The van der Waals surface area contributed by atoms with Gasteiger partial charge in [0.1, 0.15) is 5.75 Å². The maximum Gasteiger partial charge on any atom is 0.119 e.